The molecule has 1 aromatic heterocycles. The predicted octanol–water partition coefficient (Wildman–Crippen LogP) is 2.25. The fourth-order valence-electron chi connectivity index (χ4n) is 2.35. The molecular weight excluding hydrogens is 422 g/mol. The highest BCUT2D eigenvalue weighted by molar-refractivity contribution is 7.89. The molecule has 0 bridgehead atoms. The Morgan fingerprint density at radius 2 is 1.89 bits per heavy atom. The maximum Gasteiger partial charge on any atom is 0.262 e. The fourth-order valence-corrected chi connectivity index (χ4v) is 4.31. The normalized spacial score (nSPS) is 12.6. The fraction of sp³-hybridized carbons (Fsp3) is 0.333. The van der Waals surface area contributed by atoms with Gasteiger partial charge in [0.2, 0.25) is 15.9 Å². The second-order valence-corrected chi connectivity index (χ2v) is 9.47. The summed E-state index contributed by atoms with van der Waals surface area (Å²) in [5.41, 5.74) is 0. The van der Waals surface area contributed by atoms with Gasteiger partial charge in [-0.05, 0) is 35.6 Å². The second-order valence-electron chi connectivity index (χ2n) is 6.32. The van der Waals surface area contributed by atoms with Gasteiger partial charge in [-0.2, -0.15) is 0 Å². The number of amides is 2. The van der Waals surface area contributed by atoms with Gasteiger partial charge >= 0.3 is 0 Å². The highest BCUT2D eigenvalue weighted by Crippen LogP contribution is 2.15. The minimum absolute atomic E-state index is 0.00424. The Hall–Kier alpha value is -1.94. The third kappa shape index (κ3) is 6.30. The summed E-state index contributed by atoms with van der Waals surface area (Å²) in [7, 11) is -3.72. The maximum absolute atomic E-state index is 12.4. The topological polar surface area (TPSA) is 104 Å². The third-order valence-electron chi connectivity index (χ3n) is 3.80. The number of sulfonamides is 1. The second kappa shape index (κ2) is 10.0. The summed E-state index contributed by atoms with van der Waals surface area (Å²) < 4.78 is 26.8. The van der Waals surface area contributed by atoms with Crippen molar-refractivity contribution in [2.24, 2.45) is 5.92 Å². The lowest BCUT2D eigenvalue weighted by Crippen LogP contribution is -2.50. The van der Waals surface area contributed by atoms with Crippen LogP contribution in [0.2, 0.25) is 5.02 Å². The van der Waals surface area contributed by atoms with E-state index in [9.17, 15) is 18.0 Å². The third-order valence-corrected chi connectivity index (χ3v) is 6.37. The molecule has 1 unspecified atom stereocenters. The average Bonchev–Trinajstić information content (AvgIpc) is 3.17. The van der Waals surface area contributed by atoms with Gasteiger partial charge in [0.1, 0.15) is 6.04 Å². The first-order valence-electron chi connectivity index (χ1n) is 8.58. The molecule has 7 nitrogen and oxygen atoms in total. The van der Waals surface area contributed by atoms with Crippen LogP contribution >= 0.6 is 22.9 Å². The van der Waals surface area contributed by atoms with Crippen molar-refractivity contribution in [3.05, 3.63) is 51.7 Å². The number of nitrogens with one attached hydrogen (secondary N) is 3. The van der Waals surface area contributed by atoms with Crippen molar-refractivity contribution < 1.29 is 18.0 Å². The number of benzene rings is 1. The number of carbonyl (C=O) groups is 2. The number of halogens is 1. The molecule has 0 saturated heterocycles. The standard InChI is InChI=1S/C18H22ClN3O4S2/c1-12(2)16(22-17(23)15-7-4-10-27-15)18(24)20-8-9-21-28(25,26)14-6-3-5-13(19)11-14/h3-7,10-12,16,21H,8-9H2,1-2H3,(H,20,24)(H,22,23). The van der Waals surface area contributed by atoms with Crippen LogP contribution in [0.15, 0.2) is 46.7 Å². The monoisotopic (exact) mass is 443 g/mol. The first-order chi connectivity index (χ1) is 13.2. The van der Waals surface area contributed by atoms with Crippen LogP contribution in [0.3, 0.4) is 0 Å². The highest BCUT2D eigenvalue weighted by Gasteiger charge is 2.24. The van der Waals surface area contributed by atoms with E-state index in [1.807, 2.05) is 13.8 Å². The van der Waals surface area contributed by atoms with Crippen molar-refractivity contribution in [3.63, 3.8) is 0 Å². The minimum Gasteiger partial charge on any atom is -0.353 e. The van der Waals surface area contributed by atoms with Crippen LogP contribution in [-0.2, 0) is 14.8 Å². The van der Waals surface area contributed by atoms with E-state index in [1.54, 1.807) is 29.6 Å². The van der Waals surface area contributed by atoms with Gasteiger partial charge in [0.15, 0.2) is 0 Å². The van der Waals surface area contributed by atoms with Crippen molar-refractivity contribution in [1.29, 1.82) is 0 Å². The summed E-state index contributed by atoms with van der Waals surface area (Å²) in [6.07, 6.45) is 0. The molecular formula is C18H22ClN3O4S2. The van der Waals surface area contributed by atoms with Crippen LogP contribution in [0.4, 0.5) is 0 Å². The molecule has 1 heterocycles. The van der Waals surface area contributed by atoms with Gasteiger partial charge in [-0.1, -0.05) is 37.6 Å². The predicted molar refractivity (Wildman–Crippen MR) is 110 cm³/mol. The van der Waals surface area contributed by atoms with Crippen molar-refractivity contribution in [1.82, 2.24) is 15.4 Å². The SMILES string of the molecule is CC(C)C(NC(=O)c1cccs1)C(=O)NCCNS(=O)(=O)c1cccc(Cl)c1. The molecule has 1 aromatic carbocycles. The van der Waals surface area contributed by atoms with Gasteiger partial charge < -0.3 is 10.6 Å². The van der Waals surface area contributed by atoms with Crippen LogP contribution in [0.25, 0.3) is 0 Å². The number of rotatable bonds is 9. The summed E-state index contributed by atoms with van der Waals surface area (Å²) in [6, 6.07) is 8.62. The molecule has 3 N–H and O–H groups in total. The molecule has 2 rings (SSSR count). The molecule has 0 saturated carbocycles. The van der Waals surface area contributed by atoms with Gasteiger partial charge in [-0.3, -0.25) is 9.59 Å². The van der Waals surface area contributed by atoms with Gasteiger partial charge in [0.25, 0.3) is 5.91 Å². The average molecular weight is 444 g/mol. The van der Waals surface area contributed by atoms with Gasteiger partial charge in [0, 0.05) is 18.1 Å². The lowest BCUT2D eigenvalue weighted by molar-refractivity contribution is -0.123. The van der Waals surface area contributed by atoms with E-state index < -0.39 is 16.1 Å². The zero-order valence-corrected chi connectivity index (χ0v) is 17.8. The van der Waals surface area contributed by atoms with Crippen LogP contribution in [-0.4, -0.2) is 39.4 Å². The summed E-state index contributed by atoms with van der Waals surface area (Å²) >= 11 is 7.10. The Morgan fingerprint density at radius 3 is 2.50 bits per heavy atom. The zero-order valence-electron chi connectivity index (χ0n) is 15.4. The van der Waals surface area contributed by atoms with E-state index in [2.05, 4.69) is 15.4 Å². The maximum atomic E-state index is 12.4. The first-order valence-corrected chi connectivity index (χ1v) is 11.3. The van der Waals surface area contributed by atoms with E-state index in [0.717, 1.165) is 0 Å². The quantitative estimate of drug-likeness (QED) is 0.517. The van der Waals surface area contributed by atoms with Gasteiger partial charge in [-0.25, -0.2) is 13.1 Å². The first kappa shape index (κ1) is 22.4. The van der Waals surface area contributed by atoms with E-state index in [1.165, 1.54) is 23.5 Å². The molecule has 0 fully saturated rings. The Bertz CT molecular complexity index is 915. The molecule has 2 amide bonds. The molecule has 0 aliphatic carbocycles. The minimum atomic E-state index is -3.72. The van der Waals surface area contributed by atoms with E-state index >= 15 is 0 Å². The van der Waals surface area contributed by atoms with Crippen LogP contribution in [0, 0.1) is 5.92 Å². The number of hydrogen-bond acceptors (Lipinski definition) is 5. The molecule has 2 aromatic rings. The molecule has 0 aliphatic heterocycles. The Balaban J connectivity index is 1.86. The van der Waals surface area contributed by atoms with Crippen molar-refractivity contribution in [2.45, 2.75) is 24.8 Å². The smallest absolute Gasteiger partial charge is 0.262 e. The molecule has 152 valence electrons. The summed E-state index contributed by atoms with van der Waals surface area (Å²) in [5, 5.41) is 7.46. The molecule has 10 heteroatoms. The lowest BCUT2D eigenvalue weighted by atomic mass is 10.0. The largest absolute Gasteiger partial charge is 0.353 e. The van der Waals surface area contributed by atoms with E-state index in [4.69, 9.17) is 11.6 Å². The van der Waals surface area contributed by atoms with Crippen LogP contribution < -0.4 is 15.4 Å². The Kier molecular flexibility index (Phi) is 7.99. The van der Waals surface area contributed by atoms with Crippen molar-refractivity contribution in [2.75, 3.05) is 13.1 Å². The number of hydrogen-bond donors (Lipinski definition) is 3. The van der Waals surface area contributed by atoms with Crippen molar-refractivity contribution in [3.8, 4) is 0 Å². The molecule has 0 aliphatic rings. The summed E-state index contributed by atoms with van der Waals surface area (Å²) in [4.78, 5) is 25.2. The summed E-state index contributed by atoms with van der Waals surface area (Å²) in [5.74, 6) is -0.820. The highest BCUT2D eigenvalue weighted by atomic mass is 35.5. The van der Waals surface area contributed by atoms with Gasteiger partial charge in [0.05, 0.1) is 9.77 Å². The summed E-state index contributed by atoms with van der Waals surface area (Å²) in [6.45, 7) is 3.72. The molecule has 0 spiro atoms. The van der Waals surface area contributed by atoms with E-state index in [0.29, 0.717) is 9.90 Å². The Morgan fingerprint density at radius 1 is 1.14 bits per heavy atom. The van der Waals surface area contributed by atoms with Crippen LogP contribution in [0.1, 0.15) is 23.5 Å². The molecule has 28 heavy (non-hydrogen) atoms. The van der Waals surface area contributed by atoms with Gasteiger partial charge in [-0.15, -0.1) is 11.3 Å². The molecule has 1 atom stereocenters. The number of thiophene rings is 1. The Labute approximate surface area is 173 Å². The molecule has 0 radical (unpaired) electrons. The zero-order chi connectivity index (χ0) is 20.7. The van der Waals surface area contributed by atoms with E-state index in [-0.39, 0.29) is 35.7 Å². The van der Waals surface area contributed by atoms with Crippen LogP contribution in [0.5, 0.6) is 0 Å². The number of carbonyl (C=O) groups excluding carboxylic acids is 2. The lowest BCUT2D eigenvalue weighted by Gasteiger charge is -2.21. The van der Waals surface area contributed by atoms with Crippen molar-refractivity contribution >= 4 is 44.8 Å².